The molecule has 1 aliphatic rings. The van der Waals surface area contributed by atoms with Gasteiger partial charge in [0.05, 0.1) is 0 Å². The average molecular weight is 260 g/mol. The van der Waals surface area contributed by atoms with Gasteiger partial charge in [0.15, 0.2) is 0 Å². The van der Waals surface area contributed by atoms with Crippen LogP contribution in [0.3, 0.4) is 0 Å². The van der Waals surface area contributed by atoms with Crippen molar-refractivity contribution in [1.29, 1.82) is 0 Å². The van der Waals surface area contributed by atoms with E-state index in [4.69, 9.17) is 0 Å². The van der Waals surface area contributed by atoms with Gasteiger partial charge in [-0.15, -0.1) is 0 Å². The Labute approximate surface area is 118 Å². The molecule has 0 radical (unpaired) electrons. The Kier molecular flexibility index (Phi) is 5.41. The molecule has 1 aliphatic heterocycles. The van der Waals surface area contributed by atoms with Gasteiger partial charge in [-0.3, -0.25) is 4.90 Å². The minimum Gasteiger partial charge on any atom is -0.308 e. The number of benzene rings is 1. The molecule has 1 heterocycles. The third kappa shape index (κ3) is 3.80. The van der Waals surface area contributed by atoms with Gasteiger partial charge in [0.2, 0.25) is 0 Å². The van der Waals surface area contributed by atoms with E-state index in [1.807, 2.05) is 0 Å². The molecule has 2 unspecified atom stereocenters. The van der Waals surface area contributed by atoms with Gasteiger partial charge in [0.25, 0.3) is 0 Å². The van der Waals surface area contributed by atoms with E-state index in [1.54, 1.807) is 0 Å². The fraction of sp³-hybridized carbons (Fsp3) is 0.647. The Morgan fingerprint density at radius 2 is 2.00 bits per heavy atom. The van der Waals surface area contributed by atoms with Crippen LogP contribution < -0.4 is 5.32 Å². The molecule has 0 bridgehead atoms. The molecule has 0 aliphatic carbocycles. The van der Waals surface area contributed by atoms with Crippen molar-refractivity contribution in [2.75, 3.05) is 19.6 Å². The quantitative estimate of drug-likeness (QED) is 0.842. The molecule has 1 aromatic carbocycles. The van der Waals surface area contributed by atoms with Crippen molar-refractivity contribution in [2.24, 2.45) is 5.92 Å². The molecule has 2 nitrogen and oxygen atoms in total. The largest absolute Gasteiger partial charge is 0.308 e. The van der Waals surface area contributed by atoms with Crippen molar-refractivity contribution in [2.45, 2.75) is 45.7 Å². The summed E-state index contributed by atoms with van der Waals surface area (Å²) < 4.78 is 0. The lowest BCUT2D eigenvalue weighted by Gasteiger charge is -2.28. The Balaban J connectivity index is 1.95. The molecule has 0 amide bonds. The van der Waals surface area contributed by atoms with Crippen LogP contribution in [0, 0.1) is 5.92 Å². The van der Waals surface area contributed by atoms with E-state index in [0.29, 0.717) is 12.0 Å². The number of hydrogen-bond acceptors (Lipinski definition) is 2. The number of likely N-dealkylation sites (tertiary alicyclic amines) is 1. The molecule has 2 atom stereocenters. The zero-order chi connectivity index (χ0) is 13.7. The molecular formula is C17H28N2. The SMILES string of the molecule is CCN1CCCC1CNC(c1ccccc1)C(C)C. The van der Waals surface area contributed by atoms with E-state index in [0.717, 1.165) is 12.6 Å². The predicted molar refractivity (Wildman–Crippen MR) is 82.3 cm³/mol. The van der Waals surface area contributed by atoms with Gasteiger partial charge in [0.1, 0.15) is 0 Å². The van der Waals surface area contributed by atoms with E-state index in [-0.39, 0.29) is 0 Å². The first-order valence-electron chi connectivity index (χ1n) is 7.74. The summed E-state index contributed by atoms with van der Waals surface area (Å²) in [6.07, 6.45) is 2.71. The van der Waals surface area contributed by atoms with Crippen LogP contribution in [0.1, 0.15) is 45.2 Å². The molecule has 106 valence electrons. The van der Waals surface area contributed by atoms with Crippen molar-refractivity contribution in [1.82, 2.24) is 10.2 Å². The first kappa shape index (κ1) is 14.5. The summed E-state index contributed by atoms with van der Waals surface area (Å²) in [4.78, 5) is 2.61. The second-order valence-electron chi connectivity index (χ2n) is 5.97. The number of likely N-dealkylation sites (N-methyl/N-ethyl adjacent to an activating group) is 1. The van der Waals surface area contributed by atoms with Crippen molar-refractivity contribution in [3.05, 3.63) is 35.9 Å². The number of rotatable bonds is 6. The summed E-state index contributed by atoms with van der Waals surface area (Å²) >= 11 is 0. The first-order valence-corrected chi connectivity index (χ1v) is 7.74. The molecule has 0 saturated carbocycles. The van der Waals surface area contributed by atoms with E-state index < -0.39 is 0 Å². The van der Waals surface area contributed by atoms with Crippen molar-refractivity contribution in [3.63, 3.8) is 0 Å². The predicted octanol–water partition coefficient (Wildman–Crippen LogP) is 3.46. The second-order valence-corrected chi connectivity index (χ2v) is 5.97. The highest BCUT2D eigenvalue weighted by atomic mass is 15.2. The summed E-state index contributed by atoms with van der Waals surface area (Å²) in [6.45, 7) is 10.5. The molecule has 2 heteroatoms. The first-order chi connectivity index (χ1) is 9.22. The third-order valence-electron chi connectivity index (χ3n) is 4.30. The van der Waals surface area contributed by atoms with Crippen molar-refractivity contribution < 1.29 is 0 Å². The number of nitrogens with one attached hydrogen (secondary N) is 1. The highest BCUT2D eigenvalue weighted by Crippen LogP contribution is 2.23. The molecule has 1 aromatic rings. The fourth-order valence-corrected chi connectivity index (χ4v) is 3.20. The van der Waals surface area contributed by atoms with Crippen LogP contribution in [0.15, 0.2) is 30.3 Å². The normalized spacial score (nSPS) is 22.0. The Morgan fingerprint density at radius 1 is 1.26 bits per heavy atom. The van der Waals surface area contributed by atoms with E-state index in [2.05, 4.69) is 61.3 Å². The Bertz CT molecular complexity index is 361. The van der Waals surface area contributed by atoms with Crippen LogP contribution in [0.5, 0.6) is 0 Å². The van der Waals surface area contributed by atoms with Gasteiger partial charge in [-0.25, -0.2) is 0 Å². The minimum atomic E-state index is 0.473. The third-order valence-corrected chi connectivity index (χ3v) is 4.30. The monoisotopic (exact) mass is 260 g/mol. The molecule has 19 heavy (non-hydrogen) atoms. The molecule has 2 rings (SSSR count). The highest BCUT2D eigenvalue weighted by Gasteiger charge is 2.24. The number of nitrogens with zero attached hydrogens (tertiary/aromatic N) is 1. The van der Waals surface area contributed by atoms with Gasteiger partial charge in [-0.2, -0.15) is 0 Å². The lowest BCUT2D eigenvalue weighted by Crippen LogP contribution is -2.40. The van der Waals surface area contributed by atoms with Crippen LogP contribution in [0.2, 0.25) is 0 Å². The highest BCUT2D eigenvalue weighted by molar-refractivity contribution is 5.19. The standard InChI is InChI=1S/C17H28N2/c1-4-19-12-8-11-16(19)13-18-17(14(2)3)15-9-6-5-7-10-15/h5-7,9-10,14,16-18H,4,8,11-13H2,1-3H3. The molecule has 0 spiro atoms. The van der Waals surface area contributed by atoms with Crippen molar-refractivity contribution in [3.8, 4) is 0 Å². The zero-order valence-corrected chi connectivity index (χ0v) is 12.6. The van der Waals surface area contributed by atoms with E-state index >= 15 is 0 Å². The zero-order valence-electron chi connectivity index (χ0n) is 12.6. The van der Waals surface area contributed by atoms with Crippen molar-refractivity contribution >= 4 is 0 Å². The lowest BCUT2D eigenvalue weighted by atomic mass is 9.96. The second kappa shape index (κ2) is 7.06. The van der Waals surface area contributed by atoms with Gasteiger partial charge >= 0.3 is 0 Å². The van der Waals surface area contributed by atoms with Crippen LogP contribution in [0.4, 0.5) is 0 Å². The average Bonchev–Trinajstić information content (AvgIpc) is 2.87. The van der Waals surface area contributed by atoms with Crippen LogP contribution in [0.25, 0.3) is 0 Å². The lowest BCUT2D eigenvalue weighted by molar-refractivity contribution is 0.246. The smallest absolute Gasteiger partial charge is 0.0344 e. The summed E-state index contributed by atoms with van der Waals surface area (Å²) in [5.74, 6) is 0.624. The molecular weight excluding hydrogens is 232 g/mol. The summed E-state index contributed by atoms with van der Waals surface area (Å²) in [6, 6.07) is 12.1. The molecule has 0 aromatic heterocycles. The minimum absolute atomic E-state index is 0.473. The maximum atomic E-state index is 3.80. The van der Waals surface area contributed by atoms with Crippen LogP contribution >= 0.6 is 0 Å². The summed E-state index contributed by atoms with van der Waals surface area (Å²) in [5.41, 5.74) is 1.42. The summed E-state index contributed by atoms with van der Waals surface area (Å²) in [5, 5.41) is 3.80. The topological polar surface area (TPSA) is 15.3 Å². The van der Waals surface area contributed by atoms with Gasteiger partial charge in [0, 0.05) is 18.6 Å². The summed E-state index contributed by atoms with van der Waals surface area (Å²) in [7, 11) is 0. The van der Waals surface area contributed by atoms with E-state index in [1.165, 1.54) is 31.5 Å². The van der Waals surface area contributed by atoms with Gasteiger partial charge in [-0.1, -0.05) is 51.1 Å². The Hall–Kier alpha value is -0.860. The maximum absolute atomic E-state index is 3.80. The number of hydrogen-bond donors (Lipinski definition) is 1. The maximum Gasteiger partial charge on any atom is 0.0344 e. The van der Waals surface area contributed by atoms with Gasteiger partial charge in [-0.05, 0) is 37.4 Å². The molecule has 1 saturated heterocycles. The fourth-order valence-electron chi connectivity index (χ4n) is 3.20. The molecule has 1 fully saturated rings. The molecule has 1 N–H and O–H groups in total. The van der Waals surface area contributed by atoms with Crippen LogP contribution in [-0.2, 0) is 0 Å². The van der Waals surface area contributed by atoms with Gasteiger partial charge < -0.3 is 5.32 Å². The van der Waals surface area contributed by atoms with Crippen LogP contribution in [-0.4, -0.2) is 30.6 Å². The van der Waals surface area contributed by atoms with E-state index in [9.17, 15) is 0 Å². The Morgan fingerprint density at radius 3 is 2.63 bits per heavy atom.